The molecule has 0 aliphatic heterocycles. The van der Waals surface area contributed by atoms with Crippen LogP contribution in [0.2, 0.25) is 0 Å². The van der Waals surface area contributed by atoms with Crippen LogP contribution in [-0.2, 0) is 0 Å². The molecule has 0 aromatic heterocycles. The van der Waals surface area contributed by atoms with Crippen LogP contribution in [0.5, 0.6) is 0 Å². The highest BCUT2D eigenvalue weighted by molar-refractivity contribution is 6.09. The van der Waals surface area contributed by atoms with Gasteiger partial charge in [-0.3, -0.25) is 9.59 Å². The van der Waals surface area contributed by atoms with E-state index >= 15 is 0 Å². The van der Waals surface area contributed by atoms with Crippen LogP contribution >= 0.6 is 0 Å². The van der Waals surface area contributed by atoms with Gasteiger partial charge in [-0.1, -0.05) is 67.9 Å². The first-order valence-corrected chi connectivity index (χ1v) is 7.42. The standard InChI is InChI=1S/C19H20O3/c1-3-13-19(2,22)18(21)16-11-9-15(10-12-16)17(20)14-7-5-4-6-8-14/h4-12,22H,3,13H2,1-2H3. The zero-order valence-electron chi connectivity index (χ0n) is 12.9. The molecule has 3 nitrogen and oxygen atoms in total. The molecule has 2 aromatic rings. The summed E-state index contributed by atoms with van der Waals surface area (Å²) in [6.07, 6.45) is 1.14. The number of hydrogen-bond donors (Lipinski definition) is 1. The van der Waals surface area contributed by atoms with Crippen LogP contribution in [0.4, 0.5) is 0 Å². The fourth-order valence-corrected chi connectivity index (χ4v) is 2.44. The fraction of sp³-hybridized carbons (Fsp3) is 0.263. The predicted molar refractivity (Wildman–Crippen MR) is 86.2 cm³/mol. The molecule has 0 heterocycles. The lowest BCUT2D eigenvalue weighted by atomic mass is 9.90. The Morgan fingerprint density at radius 3 is 1.95 bits per heavy atom. The van der Waals surface area contributed by atoms with Crippen molar-refractivity contribution in [1.29, 1.82) is 0 Å². The van der Waals surface area contributed by atoms with Gasteiger partial charge < -0.3 is 5.11 Å². The number of carbonyl (C=O) groups excluding carboxylic acids is 2. The molecule has 0 radical (unpaired) electrons. The largest absolute Gasteiger partial charge is 0.382 e. The van der Waals surface area contributed by atoms with Crippen molar-refractivity contribution in [2.75, 3.05) is 0 Å². The number of carbonyl (C=O) groups is 2. The molecule has 2 aromatic carbocycles. The molecule has 0 saturated carbocycles. The predicted octanol–water partition coefficient (Wildman–Crippen LogP) is 3.65. The molecule has 0 saturated heterocycles. The molecule has 0 fully saturated rings. The quantitative estimate of drug-likeness (QED) is 0.828. The van der Waals surface area contributed by atoms with Crippen LogP contribution in [0.25, 0.3) is 0 Å². The molecule has 0 aliphatic carbocycles. The lowest BCUT2D eigenvalue weighted by Crippen LogP contribution is -2.34. The third kappa shape index (κ3) is 3.49. The van der Waals surface area contributed by atoms with Gasteiger partial charge in [-0.15, -0.1) is 0 Å². The van der Waals surface area contributed by atoms with Gasteiger partial charge in [0.1, 0.15) is 5.60 Å². The van der Waals surface area contributed by atoms with E-state index in [1.165, 1.54) is 6.92 Å². The van der Waals surface area contributed by atoms with E-state index < -0.39 is 5.60 Å². The van der Waals surface area contributed by atoms with E-state index in [0.29, 0.717) is 23.1 Å². The Kier molecular flexibility index (Phi) is 4.88. The van der Waals surface area contributed by atoms with Crippen LogP contribution in [0.15, 0.2) is 54.6 Å². The normalized spacial score (nSPS) is 13.4. The molecule has 0 spiro atoms. The summed E-state index contributed by atoms with van der Waals surface area (Å²) in [5, 5.41) is 10.2. The molecule has 22 heavy (non-hydrogen) atoms. The Hall–Kier alpha value is -2.26. The number of rotatable bonds is 6. The summed E-state index contributed by atoms with van der Waals surface area (Å²) in [4.78, 5) is 24.6. The number of ketones is 2. The van der Waals surface area contributed by atoms with E-state index in [1.807, 2.05) is 25.1 Å². The van der Waals surface area contributed by atoms with E-state index in [0.717, 1.165) is 6.42 Å². The minimum atomic E-state index is -1.36. The monoisotopic (exact) mass is 296 g/mol. The highest BCUT2D eigenvalue weighted by Crippen LogP contribution is 2.20. The second-order valence-corrected chi connectivity index (χ2v) is 5.63. The number of hydrogen-bond acceptors (Lipinski definition) is 3. The third-order valence-corrected chi connectivity index (χ3v) is 3.67. The minimum Gasteiger partial charge on any atom is -0.382 e. The first-order chi connectivity index (χ1) is 10.5. The molecular weight excluding hydrogens is 276 g/mol. The van der Waals surface area contributed by atoms with Gasteiger partial charge in [0.05, 0.1) is 0 Å². The zero-order valence-corrected chi connectivity index (χ0v) is 12.9. The summed E-state index contributed by atoms with van der Waals surface area (Å²) in [5.74, 6) is -0.395. The van der Waals surface area contributed by atoms with Gasteiger partial charge in [0.25, 0.3) is 0 Å². The summed E-state index contributed by atoms with van der Waals surface area (Å²) < 4.78 is 0. The Morgan fingerprint density at radius 1 is 0.909 bits per heavy atom. The van der Waals surface area contributed by atoms with Crippen molar-refractivity contribution in [3.63, 3.8) is 0 Å². The molecule has 114 valence electrons. The van der Waals surface area contributed by atoms with Gasteiger partial charge in [0.2, 0.25) is 0 Å². The summed E-state index contributed by atoms with van der Waals surface area (Å²) in [5.41, 5.74) is 0.195. The van der Waals surface area contributed by atoms with Crippen molar-refractivity contribution in [3.05, 3.63) is 71.3 Å². The van der Waals surface area contributed by atoms with Crippen LogP contribution in [0.1, 0.15) is 53.0 Å². The van der Waals surface area contributed by atoms with E-state index in [-0.39, 0.29) is 11.6 Å². The molecule has 0 aliphatic rings. The summed E-state index contributed by atoms with van der Waals surface area (Å²) in [6, 6.07) is 15.5. The second kappa shape index (κ2) is 6.67. The van der Waals surface area contributed by atoms with Gasteiger partial charge in [0, 0.05) is 16.7 Å². The smallest absolute Gasteiger partial charge is 0.194 e. The number of Topliss-reactive ketones (excluding diaryl/α,β-unsaturated/α-hetero) is 1. The van der Waals surface area contributed by atoms with Crippen molar-refractivity contribution in [2.24, 2.45) is 0 Å². The molecular formula is C19H20O3. The Balaban J connectivity index is 2.21. The van der Waals surface area contributed by atoms with Crippen molar-refractivity contribution >= 4 is 11.6 Å². The number of benzene rings is 2. The minimum absolute atomic E-state index is 0.0834. The van der Waals surface area contributed by atoms with Crippen molar-refractivity contribution < 1.29 is 14.7 Å². The molecule has 0 amide bonds. The molecule has 3 heteroatoms. The molecule has 1 N–H and O–H groups in total. The average Bonchev–Trinajstić information content (AvgIpc) is 2.54. The van der Waals surface area contributed by atoms with Gasteiger partial charge in [-0.2, -0.15) is 0 Å². The maximum Gasteiger partial charge on any atom is 0.194 e. The van der Waals surface area contributed by atoms with Crippen LogP contribution in [0.3, 0.4) is 0 Å². The van der Waals surface area contributed by atoms with E-state index in [2.05, 4.69) is 0 Å². The number of aliphatic hydroxyl groups is 1. The maximum absolute atomic E-state index is 12.3. The third-order valence-electron chi connectivity index (χ3n) is 3.67. The first-order valence-electron chi connectivity index (χ1n) is 7.42. The van der Waals surface area contributed by atoms with Gasteiger partial charge in [0.15, 0.2) is 11.6 Å². The van der Waals surface area contributed by atoms with Gasteiger partial charge in [-0.25, -0.2) is 0 Å². The highest BCUT2D eigenvalue weighted by atomic mass is 16.3. The topological polar surface area (TPSA) is 54.4 Å². The van der Waals surface area contributed by atoms with Gasteiger partial charge >= 0.3 is 0 Å². The molecule has 1 unspecified atom stereocenters. The second-order valence-electron chi connectivity index (χ2n) is 5.63. The van der Waals surface area contributed by atoms with Crippen molar-refractivity contribution in [2.45, 2.75) is 32.3 Å². The lowest BCUT2D eigenvalue weighted by Gasteiger charge is -2.21. The first kappa shape index (κ1) is 16.1. The zero-order chi connectivity index (χ0) is 16.2. The van der Waals surface area contributed by atoms with Crippen molar-refractivity contribution in [1.82, 2.24) is 0 Å². The summed E-state index contributed by atoms with van der Waals surface area (Å²) in [7, 11) is 0. The lowest BCUT2D eigenvalue weighted by molar-refractivity contribution is 0.0364. The highest BCUT2D eigenvalue weighted by Gasteiger charge is 2.29. The maximum atomic E-state index is 12.3. The van der Waals surface area contributed by atoms with E-state index in [1.54, 1.807) is 36.4 Å². The van der Waals surface area contributed by atoms with Crippen LogP contribution in [0, 0.1) is 0 Å². The fourth-order valence-electron chi connectivity index (χ4n) is 2.44. The van der Waals surface area contributed by atoms with E-state index in [4.69, 9.17) is 0 Å². The van der Waals surface area contributed by atoms with E-state index in [9.17, 15) is 14.7 Å². The van der Waals surface area contributed by atoms with Crippen LogP contribution in [-0.4, -0.2) is 22.3 Å². The Morgan fingerprint density at radius 2 is 1.41 bits per heavy atom. The Bertz CT molecular complexity index is 655. The average molecular weight is 296 g/mol. The molecule has 2 rings (SSSR count). The SMILES string of the molecule is CCCC(C)(O)C(=O)c1ccc(C(=O)c2ccccc2)cc1. The summed E-state index contributed by atoms with van der Waals surface area (Å²) >= 11 is 0. The summed E-state index contributed by atoms with van der Waals surface area (Å²) in [6.45, 7) is 3.45. The Labute approximate surface area is 130 Å². The van der Waals surface area contributed by atoms with Gasteiger partial charge in [-0.05, 0) is 13.3 Å². The van der Waals surface area contributed by atoms with Crippen LogP contribution < -0.4 is 0 Å². The molecule has 0 bridgehead atoms. The van der Waals surface area contributed by atoms with Crippen molar-refractivity contribution in [3.8, 4) is 0 Å². The molecule has 1 atom stereocenters.